The van der Waals surface area contributed by atoms with Crippen molar-refractivity contribution in [3.05, 3.63) is 45.7 Å². The van der Waals surface area contributed by atoms with Crippen molar-refractivity contribution in [1.29, 1.82) is 0 Å². The van der Waals surface area contributed by atoms with Gasteiger partial charge in [0.05, 0.1) is 5.56 Å². The summed E-state index contributed by atoms with van der Waals surface area (Å²) in [6.45, 7) is 3.21. The van der Waals surface area contributed by atoms with E-state index in [1.165, 1.54) is 6.92 Å². The van der Waals surface area contributed by atoms with E-state index in [4.69, 9.17) is 0 Å². The molecule has 1 N–H and O–H groups in total. The number of aromatic amines is 1. The third kappa shape index (κ3) is 1.46. The van der Waals surface area contributed by atoms with Crippen molar-refractivity contribution < 1.29 is 4.79 Å². The molecule has 3 nitrogen and oxygen atoms in total. The third-order valence-electron chi connectivity index (χ3n) is 2.53. The molecule has 1 aromatic heterocycles. The Balaban J connectivity index is 2.97. The minimum atomic E-state index is -0.307. The molecule has 76 valence electrons. The Labute approximate surface area is 86.8 Å². The summed E-state index contributed by atoms with van der Waals surface area (Å²) in [6, 6.07) is 7.46. The van der Waals surface area contributed by atoms with Gasteiger partial charge in [-0.05, 0) is 25.5 Å². The maximum atomic E-state index is 11.6. The molecule has 0 aliphatic heterocycles. The van der Waals surface area contributed by atoms with Crippen molar-refractivity contribution >= 4 is 16.7 Å². The van der Waals surface area contributed by atoms with Gasteiger partial charge in [-0.3, -0.25) is 9.59 Å². The van der Waals surface area contributed by atoms with Crippen molar-refractivity contribution in [3.8, 4) is 0 Å². The number of rotatable bonds is 1. The highest BCUT2D eigenvalue weighted by Crippen LogP contribution is 2.16. The van der Waals surface area contributed by atoms with Crippen molar-refractivity contribution in [3.63, 3.8) is 0 Å². The molecule has 2 rings (SSSR count). The van der Waals surface area contributed by atoms with Crippen molar-refractivity contribution in [2.24, 2.45) is 0 Å². The number of pyridine rings is 1. The SMILES string of the molecule is CC(=O)c1c(C)c2ccccc2[nH]c1=O. The Bertz CT molecular complexity index is 596. The summed E-state index contributed by atoms with van der Waals surface area (Å²) >= 11 is 0. The first-order valence-electron chi connectivity index (χ1n) is 4.74. The Morgan fingerprint density at radius 2 is 1.93 bits per heavy atom. The molecule has 15 heavy (non-hydrogen) atoms. The van der Waals surface area contributed by atoms with Gasteiger partial charge in [0.25, 0.3) is 5.56 Å². The Morgan fingerprint density at radius 3 is 2.60 bits per heavy atom. The first kappa shape index (κ1) is 9.65. The van der Waals surface area contributed by atoms with Crippen molar-refractivity contribution in [2.75, 3.05) is 0 Å². The number of carbonyl (C=O) groups is 1. The van der Waals surface area contributed by atoms with E-state index in [0.717, 1.165) is 16.5 Å². The number of hydrogen-bond donors (Lipinski definition) is 1. The molecule has 3 heteroatoms. The van der Waals surface area contributed by atoms with Crippen LogP contribution in [0, 0.1) is 6.92 Å². The summed E-state index contributed by atoms with van der Waals surface area (Å²) in [5.74, 6) is -0.195. The zero-order valence-electron chi connectivity index (χ0n) is 8.63. The smallest absolute Gasteiger partial charge is 0.259 e. The molecular formula is C12H11NO2. The highest BCUT2D eigenvalue weighted by atomic mass is 16.1. The number of benzene rings is 1. The zero-order chi connectivity index (χ0) is 11.0. The normalized spacial score (nSPS) is 10.5. The summed E-state index contributed by atoms with van der Waals surface area (Å²) in [5, 5.41) is 0.919. The van der Waals surface area contributed by atoms with Crippen molar-refractivity contribution in [1.82, 2.24) is 4.98 Å². The van der Waals surface area contributed by atoms with Crippen LogP contribution in [0.2, 0.25) is 0 Å². The molecule has 0 radical (unpaired) electrons. The van der Waals surface area contributed by atoms with E-state index in [-0.39, 0.29) is 16.9 Å². The number of Topliss-reactive ketones (excluding diaryl/α,β-unsaturated/α-hetero) is 1. The molecule has 2 aromatic rings. The van der Waals surface area contributed by atoms with E-state index in [0.29, 0.717) is 0 Å². The van der Waals surface area contributed by atoms with Gasteiger partial charge in [0, 0.05) is 10.9 Å². The minimum absolute atomic E-state index is 0.195. The van der Waals surface area contributed by atoms with Crippen LogP contribution in [0.3, 0.4) is 0 Å². The molecule has 1 aromatic carbocycles. The largest absolute Gasteiger partial charge is 0.321 e. The fourth-order valence-electron chi connectivity index (χ4n) is 1.83. The van der Waals surface area contributed by atoms with Crippen LogP contribution >= 0.6 is 0 Å². The van der Waals surface area contributed by atoms with Gasteiger partial charge in [0.15, 0.2) is 5.78 Å². The maximum absolute atomic E-state index is 11.6. The number of ketones is 1. The third-order valence-corrected chi connectivity index (χ3v) is 2.53. The second-order valence-electron chi connectivity index (χ2n) is 3.56. The molecule has 0 atom stereocenters. The molecule has 0 aliphatic rings. The molecule has 0 saturated carbocycles. The number of aromatic nitrogens is 1. The van der Waals surface area contributed by atoms with E-state index in [1.807, 2.05) is 24.3 Å². The zero-order valence-corrected chi connectivity index (χ0v) is 8.63. The summed E-state index contributed by atoms with van der Waals surface area (Å²) in [4.78, 5) is 25.6. The molecule has 0 unspecified atom stereocenters. The lowest BCUT2D eigenvalue weighted by atomic mass is 10.0. The number of nitrogens with one attached hydrogen (secondary N) is 1. The van der Waals surface area contributed by atoms with E-state index >= 15 is 0 Å². The summed E-state index contributed by atoms with van der Waals surface area (Å²) < 4.78 is 0. The van der Waals surface area contributed by atoms with Gasteiger partial charge in [-0.1, -0.05) is 18.2 Å². The van der Waals surface area contributed by atoms with Crippen LogP contribution in [0.1, 0.15) is 22.8 Å². The van der Waals surface area contributed by atoms with E-state index in [2.05, 4.69) is 4.98 Å². The molecule has 0 amide bonds. The van der Waals surface area contributed by atoms with Crippen LogP contribution in [-0.2, 0) is 0 Å². The van der Waals surface area contributed by atoms with Crippen LogP contribution < -0.4 is 5.56 Å². The number of H-pyrrole nitrogens is 1. The van der Waals surface area contributed by atoms with Crippen LogP contribution in [0.4, 0.5) is 0 Å². The highest BCUT2D eigenvalue weighted by Gasteiger charge is 2.11. The van der Waals surface area contributed by atoms with Crippen LogP contribution in [-0.4, -0.2) is 10.8 Å². The number of carbonyl (C=O) groups excluding carboxylic acids is 1. The Hall–Kier alpha value is -1.90. The van der Waals surface area contributed by atoms with Crippen LogP contribution in [0.5, 0.6) is 0 Å². The quantitative estimate of drug-likeness (QED) is 0.718. The average Bonchev–Trinajstić information content (AvgIpc) is 2.17. The fraction of sp³-hybridized carbons (Fsp3) is 0.167. The Kier molecular flexibility index (Phi) is 2.15. The van der Waals surface area contributed by atoms with Gasteiger partial charge in [0.1, 0.15) is 0 Å². The fourth-order valence-corrected chi connectivity index (χ4v) is 1.83. The minimum Gasteiger partial charge on any atom is -0.321 e. The second-order valence-corrected chi connectivity index (χ2v) is 3.56. The molecule has 1 heterocycles. The molecule has 0 bridgehead atoms. The molecule has 0 saturated heterocycles. The highest BCUT2D eigenvalue weighted by molar-refractivity contribution is 5.99. The van der Waals surface area contributed by atoms with Gasteiger partial charge < -0.3 is 4.98 Å². The standard InChI is InChI=1S/C12H11NO2/c1-7-9-5-3-4-6-10(9)13-12(15)11(7)8(2)14/h3-6H,1-2H3,(H,13,15). The lowest BCUT2D eigenvalue weighted by Gasteiger charge is -2.05. The molecule has 0 aliphatic carbocycles. The number of para-hydroxylation sites is 1. The van der Waals surface area contributed by atoms with E-state index in [9.17, 15) is 9.59 Å². The summed E-state index contributed by atoms with van der Waals surface area (Å²) in [5.41, 5.74) is 1.47. The summed E-state index contributed by atoms with van der Waals surface area (Å²) in [6.07, 6.45) is 0. The molecule has 0 spiro atoms. The maximum Gasteiger partial charge on any atom is 0.259 e. The first-order chi connectivity index (χ1) is 7.11. The summed E-state index contributed by atoms with van der Waals surface area (Å²) in [7, 11) is 0. The first-order valence-corrected chi connectivity index (χ1v) is 4.74. The van der Waals surface area contributed by atoms with Gasteiger partial charge in [0.2, 0.25) is 0 Å². The Morgan fingerprint density at radius 1 is 1.27 bits per heavy atom. The van der Waals surface area contributed by atoms with Gasteiger partial charge in [-0.2, -0.15) is 0 Å². The monoisotopic (exact) mass is 201 g/mol. The lowest BCUT2D eigenvalue weighted by molar-refractivity contribution is 0.101. The van der Waals surface area contributed by atoms with Crippen LogP contribution in [0.25, 0.3) is 10.9 Å². The van der Waals surface area contributed by atoms with Gasteiger partial charge in [-0.25, -0.2) is 0 Å². The topological polar surface area (TPSA) is 49.9 Å². The van der Waals surface area contributed by atoms with E-state index in [1.54, 1.807) is 6.92 Å². The van der Waals surface area contributed by atoms with Gasteiger partial charge >= 0.3 is 0 Å². The van der Waals surface area contributed by atoms with Gasteiger partial charge in [-0.15, -0.1) is 0 Å². The molecule has 0 fully saturated rings. The van der Waals surface area contributed by atoms with Crippen LogP contribution in [0.15, 0.2) is 29.1 Å². The predicted octanol–water partition coefficient (Wildman–Crippen LogP) is 2.04. The predicted molar refractivity (Wildman–Crippen MR) is 59.3 cm³/mol. The second kappa shape index (κ2) is 3.35. The number of hydrogen-bond acceptors (Lipinski definition) is 2. The van der Waals surface area contributed by atoms with Crippen molar-refractivity contribution in [2.45, 2.75) is 13.8 Å². The number of aryl methyl sites for hydroxylation is 1. The average molecular weight is 201 g/mol. The molecular weight excluding hydrogens is 190 g/mol. The van der Waals surface area contributed by atoms with E-state index < -0.39 is 0 Å². The lowest BCUT2D eigenvalue weighted by Crippen LogP contribution is -2.18. The number of fused-ring (bicyclic) bond motifs is 1.